The van der Waals surface area contributed by atoms with E-state index >= 15 is 0 Å². The summed E-state index contributed by atoms with van der Waals surface area (Å²) in [7, 11) is 0. The molecule has 2 aromatic rings. The zero-order valence-corrected chi connectivity index (χ0v) is 10.2. The van der Waals surface area contributed by atoms with Crippen LogP contribution in [-0.2, 0) is 6.54 Å². The van der Waals surface area contributed by atoms with Crippen molar-refractivity contribution in [2.24, 2.45) is 0 Å². The van der Waals surface area contributed by atoms with Gasteiger partial charge in [-0.15, -0.1) is 0 Å². The van der Waals surface area contributed by atoms with E-state index in [9.17, 15) is 8.78 Å². The van der Waals surface area contributed by atoms with Gasteiger partial charge in [-0.2, -0.15) is 0 Å². The van der Waals surface area contributed by atoms with Gasteiger partial charge in [0.05, 0.1) is 0 Å². The second kappa shape index (κ2) is 5.74. The van der Waals surface area contributed by atoms with Gasteiger partial charge in [-0.05, 0) is 35.4 Å². The number of benzene rings is 2. The molecule has 0 radical (unpaired) electrons. The molecule has 0 amide bonds. The van der Waals surface area contributed by atoms with Crippen molar-refractivity contribution < 1.29 is 8.78 Å². The molecule has 2 aromatic carbocycles. The standard InChI is InChI=1S/C15H15F2N/c1-2-18-10-11-5-3-4-6-15(11)12-7-13(16)9-14(17)8-12/h3-9,18H,2,10H2,1H3. The SMILES string of the molecule is CCNCc1ccccc1-c1cc(F)cc(F)c1. The molecule has 0 aliphatic rings. The minimum atomic E-state index is -0.553. The summed E-state index contributed by atoms with van der Waals surface area (Å²) in [4.78, 5) is 0. The highest BCUT2D eigenvalue weighted by atomic mass is 19.1. The highest BCUT2D eigenvalue weighted by molar-refractivity contribution is 5.67. The molecule has 2 rings (SSSR count). The van der Waals surface area contributed by atoms with Gasteiger partial charge in [-0.25, -0.2) is 8.78 Å². The van der Waals surface area contributed by atoms with Gasteiger partial charge in [0.25, 0.3) is 0 Å². The van der Waals surface area contributed by atoms with E-state index < -0.39 is 11.6 Å². The highest BCUT2D eigenvalue weighted by Crippen LogP contribution is 2.25. The van der Waals surface area contributed by atoms with Gasteiger partial charge in [0.15, 0.2) is 0 Å². The molecule has 0 saturated heterocycles. The molecule has 3 heteroatoms. The van der Waals surface area contributed by atoms with Gasteiger partial charge < -0.3 is 5.32 Å². The van der Waals surface area contributed by atoms with Crippen molar-refractivity contribution in [1.82, 2.24) is 5.32 Å². The van der Waals surface area contributed by atoms with E-state index in [-0.39, 0.29) is 0 Å². The lowest BCUT2D eigenvalue weighted by atomic mass is 9.99. The van der Waals surface area contributed by atoms with Crippen LogP contribution in [0, 0.1) is 11.6 Å². The Balaban J connectivity index is 2.42. The van der Waals surface area contributed by atoms with E-state index in [1.165, 1.54) is 12.1 Å². The Labute approximate surface area is 105 Å². The molecule has 0 aliphatic heterocycles. The molecular weight excluding hydrogens is 232 g/mol. The maximum atomic E-state index is 13.2. The molecule has 1 nitrogen and oxygen atoms in total. The number of hydrogen-bond acceptors (Lipinski definition) is 1. The summed E-state index contributed by atoms with van der Waals surface area (Å²) in [6.07, 6.45) is 0. The number of halogens is 2. The molecule has 0 aliphatic carbocycles. The maximum absolute atomic E-state index is 13.2. The van der Waals surface area contributed by atoms with Crippen molar-refractivity contribution in [2.75, 3.05) is 6.54 Å². The van der Waals surface area contributed by atoms with Crippen LogP contribution in [0.4, 0.5) is 8.78 Å². The third-order valence-corrected chi connectivity index (χ3v) is 2.76. The van der Waals surface area contributed by atoms with Crippen molar-refractivity contribution in [3.8, 4) is 11.1 Å². The Bertz CT molecular complexity index is 518. The highest BCUT2D eigenvalue weighted by Gasteiger charge is 2.07. The van der Waals surface area contributed by atoms with Crippen molar-refractivity contribution in [1.29, 1.82) is 0 Å². The molecule has 0 saturated carbocycles. The lowest BCUT2D eigenvalue weighted by Gasteiger charge is -2.10. The molecule has 0 fully saturated rings. The van der Waals surface area contributed by atoms with Gasteiger partial charge in [-0.1, -0.05) is 31.2 Å². The predicted molar refractivity (Wildman–Crippen MR) is 69.2 cm³/mol. The van der Waals surface area contributed by atoms with Crippen LogP contribution in [0.15, 0.2) is 42.5 Å². The molecule has 0 bridgehead atoms. The first-order valence-electron chi connectivity index (χ1n) is 5.96. The second-order valence-corrected chi connectivity index (χ2v) is 4.10. The third-order valence-electron chi connectivity index (χ3n) is 2.76. The fraction of sp³-hybridized carbons (Fsp3) is 0.200. The molecule has 0 spiro atoms. The predicted octanol–water partition coefficient (Wildman–Crippen LogP) is 3.74. The van der Waals surface area contributed by atoms with Crippen LogP contribution in [0.3, 0.4) is 0 Å². The van der Waals surface area contributed by atoms with Gasteiger partial charge in [-0.3, -0.25) is 0 Å². The quantitative estimate of drug-likeness (QED) is 0.867. The van der Waals surface area contributed by atoms with Gasteiger partial charge in [0, 0.05) is 12.6 Å². The maximum Gasteiger partial charge on any atom is 0.126 e. The number of hydrogen-bond donors (Lipinski definition) is 1. The average molecular weight is 247 g/mol. The summed E-state index contributed by atoms with van der Waals surface area (Å²) >= 11 is 0. The first kappa shape index (κ1) is 12.7. The minimum absolute atomic E-state index is 0.553. The molecule has 0 unspecified atom stereocenters. The Morgan fingerprint density at radius 1 is 1.00 bits per heavy atom. The zero-order chi connectivity index (χ0) is 13.0. The fourth-order valence-corrected chi connectivity index (χ4v) is 1.93. The summed E-state index contributed by atoms with van der Waals surface area (Å²) < 4.78 is 26.5. The van der Waals surface area contributed by atoms with Crippen molar-refractivity contribution in [3.05, 3.63) is 59.7 Å². The topological polar surface area (TPSA) is 12.0 Å². The Morgan fingerprint density at radius 3 is 2.33 bits per heavy atom. The molecule has 0 aromatic heterocycles. The van der Waals surface area contributed by atoms with Crippen LogP contribution in [0.1, 0.15) is 12.5 Å². The van der Waals surface area contributed by atoms with E-state index in [4.69, 9.17) is 0 Å². The van der Waals surface area contributed by atoms with Crippen LogP contribution in [0.2, 0.25) is 0 Å². The van der Waals surface area contributed by atoms with E-state index in [1.54, 1.807) is 0 Å². The van der Waals surface area contributed by atoms with E-state index in [1.807, 2.05) is 31.2 Å². The summed E-state index contributed by atoms with van der Waals surface area (Å²) in [6.45, 7) is 3.56. The van der Waals surface area contributed by atoms with E-state index in [0.29, 0.717) is 12.1 Å². The second-order valence-electron chi connectivity index (χ2n) is 4.10. The van der Waals surface area contributed by atoms with Crippen LogP contribution >= 0.6 is 0 Å². The summed E-state index contributed by atoms with van der Waals surface area (Å²) in [5.74, 6) is -1.11. The Morgan fingerprint density at radius 2 is 1.67 bits per heavy atom. The third kappa shape index (κ3) is 2.93. The first-order chi connectivity index (χ1) is 8.70. The molecule has 94 valence electrons. The van der Waals surface area contributed by atoms with Crippen molar-refractivity contribution in [2.45, 2.75) is 13.5 Å². The summed E-state index contributed by atoms with van der Waals surface area (Å²) in [5, 5.41) is 3.22. The van der Waals surface area contributed by atoms with Crippen LogP contribution in [0.5, 0.6) is 0 Å². The number of rotatable bonds is 4. The van der Waals surface area contributed by atoms with Crippen LogP contribution in [0.25, 0.3) is 11.1 Å². The van der Waals surface area contributed by atoms with Gasteiger partial charge in [0.2, 0.25) is 0 Å². The van der Waals surface area contributed by atoms with Crippen LogP contribution < -0.4 is 5.32 Å². The lowest BCUT2D eigenvalue weighted by Crippen LogP contribution is -2.12. The van der Waals surface area contributed by atoms with Gasteiger partial charge in [0.1, 0.15) is 11.6 Å². The smallest absolute Gasteiger partial charge is 0.126 e. The molecule has 0 heterocycles. The van der Waals surface area contributed by atoms with Crippen molar-refractivity contribution in [3.63, 3.8) is 0 Å². The molecular formula is C15H15F2N. The van der Waals surface area contributed by atoms with E-state index in [2.05, 4.69) is 5.32 Å². The average Bonchev–Trinajstić information content (AvgIpc) is 2.35. The Hall–Kier alpha value is -1.74. The number of nitrogens with one attached hydrogen (secondary N) is 1. The fourth-order valence-electron chi connectivity index (χ4n) is 1.93. The minimum Gasteiger partial charge on any atom is -0.313 e. The summed E-state index contributed by atoms with van der Waals surface area (Å²) in [5.41, 5.74) is 2.46. The zero-order valence-electron chi connectivity index (χ0n) is 10.2. The molecule has 0 atom stereocenters. The van der Waals surface area contributed by atoms with Gasteiger partial charge >= 0.3 is 0 Å². The monoisotopic (exact) mass is 247 g/mol. The van der Waals surface area contributed by atoms with Crippen molar-refractivity contribution >= 4 is 0 Å². The summed E-state index contributed by atoms with van der Waals surface area (Å²) in [6, 6.07) is 11.2. The van der Waals surface area contributed by atoms with E-state index in [0.717, 1.165) is 23.7 Å². The molecule has 18 heavy (non-hydrogen) atoms. The first-order valence-corrected chi connectivity index (χ1v) is 5.96. The normalized spacial score (nSPS) is 10.6. The molecule has 1 N–H and O–H groups in total. The van der Waals surface area contributed by atoms with Crippen LogP contribution in [-0.4, -0.2) is 6.54 Å². The Kier molecular flexibility index (Phi) is 4.05. The lowest BCUT2D eigenvalue weighted by molar-refractivity contribution is 0.584. The largest absolute Gasteiger partial charge is 0.313 e.